The second-order valence-corrected chi connectivity index (χ2v) is 5.58. The number of carbonyl (C=O) groups is 1. The summed E-state index contributed by atoms with van der Waals surface area (Å²) in [5, 5.41) is 22.2. The number of benzene rings is 1. The molecule has 23 heavy (non-hydrogen) atoms. The Bertz CT molecular complexity index is 872. The lowest BCUT2D eigenvalue weighted by Gasteiger charge is -2.03. The number of carbonyl (C=O) groups excluding carboxylic acids is 1. The topological polar surface area (TPSA) is 127 Å². The van der Waals surface area contributed by atoms with E-state index >= 15 is 0 Å². The van der Waals surface area contributed by atoms with E-state index in [9.17, 15) is 14.9 Å². The summed E-state index contributed by atoms with van der Waals surface area (Å²) in [5.74, 6) is -0.171. The normalized spacial score (nSPS) is 10.4. The highest BCUT2D eigenvalue weighted by molar-refractivity contribution is 7.13. The van der Waals surface area contributed by atoms with E-state index in [1.165, 1.54) is 23.5 Å². The molecule has 0 aliphatic carbocycles. The number of amides is 1. The molecule has 0 spiro atoms. The Morgan fingerprint density at radius 3 is 2.87 bits per heavy atom. The SMILES string of the molecule is Nc1ccc(C(=O)Nc2cc(-c3cccs3)[nH]n2)cc1[N+](=O)[O-]. The molecule has 0 aliphatic heterocycles. The van der Waals surface area contributed by atoms with Gasteiger partial charge in [-0.2, -0.15) is 5.10 Å². The molecule has 2 heterocycles. The summed E-state index contributed by atoms with van der Waals surface area (Å²) in [7, 11) is 0. The van der Waals surface area contributed by atoms with Crippen molar-refractivity contribution in [2.24, 2.45) is 0 Å². The van der Waals surface area contributed by atoms with Crippen LogP contribution in [0.1, 0.15) is 10.4 Å². The van der Waals surface area contributed by atoms with Gasteiger partial charge in [0.15, 0.2) is 5.82 Å². The van der Waals surface area contributed by atoms with Crippen LogP contribution in [0, 0.1) is 10.1 Å². The smallest absolute Gasteiger partial charge is 0.292 e. The lowest BCUT2D eigenvalue weighted by molar-refractivity contribution is -0.383. The number of thiophene rings is 1. The zero-order valence-corrected chi connectivity index (χ0v) is 12.5. The van der Waals surface area contributed by atoms with Crippen molar-refractivity contribution in [2.75, 3.05) is 11.1 Å². The average molecular weight is 329 g/mol. The predicted octanol–water partition coefficient (Wildman–Crippen LogP) is 2.88. The Morgan fingerprint density at radius 2 is 2.17 bits per heavy atom. The minimum absolute atomic E-state index is 0.00583. The van der Waals surface area contributed by atoms with Gasteiger partial charge in [-0.25, -0.2) is 0 Å². The third kappa shape index (κ3) is 3.04. The van der Waals surface area contributed by atoms with E-state index in [1.807, 2.05) is 17.5 Å². The summed E-state index contributed by atoms with van der Waals surface area (Å²) >= 11 is 1.54. The Labute approximate surface area is 134 Å². The number of hydrogen-bond acceptors (Lipinski definition) is 6. The Hall–Kier alpha value is -3.20. The van der Waals surface area contributed by atoms with Gasteiger partial charge in [-0.1, -0.05) is 6.07 Å². The fourth-order valence-corrected chi connectivity index (χ4v) is 2.67. The summed E-state index contributed by atoms with van der Waals surface area (Å²) in [6.45, 7) is 0. The van der Waals surface area contributed by atoms with Gasteiger partial charge in [0.2, 0.25) is 0 Å². The third-order valence-electron chi connectivity index (χ3n) is 3.10. The first kappa shape index (κ1) is 14.7. The van der Waals surface area contributed by atoms with Crippen LogP contribution in [-0.4, -0.2) is 21.0 Å². The summed E-state index contributed by atoms with van der Waals surface area (Å²) in [6.07, 6.45) is 0. The number of H-pyrrole nitrogens is 1. The summed E-state index contributed by atoms with van der Waals surface area (Å²) in [6, 6.07) is 9.41. The highest BCUT2D eigenvalue weighted by Crippen LogP contribution is 2.25. The summed E-state index contributed by atoms with van der Waals surface area (Å²) in [5.41, 5.74) is 6.12. The van der Waals surface area contributed by atoms with Gasteiger partial charge in [0.1, 0.15) is 5.69 Å². The molecule has 0 unspecified atom stereocenters. The second-order valence-electron chi connectivity index (χ2n) is 4.63. The lowest BCUT2D eigenvalue weighted by atomic mass is 10.1. The van der Waals surface area contributed by atoms with Gasteiger partial charge in [-0.05, 0) is 23.6 Å². The highest BCUT2D eigenvalue weighted by atomic mass is 32.1. The largest absolute Gasteiger partial charge is 0.393 e. The number of nitrogens with one attached hydrogen (secondary N) is 2. The molecule has 1 amide bonds. The van der Waals surface area contributed by atoms with Gasteiger partial charge in [0.25, 0.3) is 11.6 Å². The van der Waals surface area contributed by atoms with E-state index in [1.54, 1.807) is 6.07 Å². The van der Waals surface area contributed by atoms with Crippen LogP contribution >= 0.6 is 11.3 Å². The lowest BCUT2D eigenvalue weighted by Crippen LogP contribution is -2.12. The zero-order valence-electron chi connectivity index (χ0n) is 11.6. The fraction of sp³-hybridized carbons (Fsp3) is 0. The number of aromatic amines is 1. The van der Waals surface area contributed by atoms with Crippen molar-refractivity contribution in [1.29, 1.82) is 0 Å². The Morgan fingerprint density at radius 1 is 1.35 bits per heavy atom. The molecule has 9 heteroatoms. The molecule has 2 aromatic heterocycles. The number of rotatable bonds is 4. The van der Waals surface area contributed by atoms with Crippen LogP contribution in [-0.2, 0) is 0 Å². The van der Waals surface area contributed by atoms with Crippen molar-refractivity contribution in [2.45, 2.75) is 0 Å². The zero-order chi connectivity index (χ0) is 16.4. The number of nitro benzene ring substituents is 1. The first-order chi connectivity index (χ1) is 11.0. The number of nitrogen functional groups attached to an aromatic ring is 1. The molecule has 116 valence electrons. The molecular weight excluding hydrogens is 318 g/mol. The van der Waals surface area contributed by atoms with Crippen LogP contribution in [0.4, 0.5) is 17.2 Å². The van der Waals surface area contributed by atoms with E-state index in [0.717, 1.165) is 16.6 Å². The summed E-state index contributed by atoms with van der Waals surface area (Å²) in [4.78, 5) is 23.4. The number of nitrogens with zero attached hydrogens (tertiary/aromatic N) is 2. The molecular formula is C14H11N5O3S. The van der Waals surface area contributed by atoms with Crippen molar-refractivity contribution in [3.05, 3.63) is 57.5 Å². The van der Waals surface area contributed by atoms with Crippen LogP contribution in [0.2, 0.25) is 0 Å². The fourth-order valence-electron chi connectivity index (χ4n) is 1.98. The van der Waals surface area contributed by atoms with Crippen molar-refractivity contribution in [1.82, 2.24) is 10.2 Å². The molecule has 3 rings (SSSR count). The molecule has 4 N–H and O–H groups in total. The van der Waals surface area contributed by atoms with E-state index in [-0.39, 0.29) is 16.9 Å². The molecule has 0 atom stereocenters. The van der Waals surface area contributed by atoms with Crippen molar-refractivity contribution >= 4 is 34.4 Å². The van der Waals surface area contributed by atoms with Crippen LogP contribution in [0.3, 0.4) is 0 Å². The van der Waals surface area contributed by atoms with Crippen molar-refractivity contribution in [3.63, 3.8) is 0 Å². The number of nitrogens with two attached hydrogens (primary N) is 1. The second kappa shape index (κ2) is 5.89. The van der Waals surface area contributed by atoms with Gasteiger partial charge < -0.3 is 11.1 Å². The van der Waals surface area contributed by atoms with Gasteiger partial charge in [-0.15, -0.1) is 11.3 Å². The Kier molecular flexibility index (Phi) is 3.77. The molecule has 8 nitrogen and oxygen atoms in total. The van der Waals surface area contributed by atoms with Gasteiger partial charge >= 0.3 is 0 Å². The van der Waals surface area contributed by atoms with E-state index in [2.05, 4.69) is 15.5 Å². The van der Waals surface area contributed by atoms with Crippen molar-refractivity contribution in [3.8, 4) is 10.6 Å². The maximum absolute atomic E-state index is 12.2. The van der Waals surface area contributed by atoms with Crippen LogP contribution in [0.25, 0.3) is 10.6 Å². The number of anilines is 2. The molecule has 0 aliphatic rings. The molecule has 0 fully saturated rings. The maximum atomic E-state index is 12.2. The first-order valence-electron chi connectivity index (χ1n) is 6.49. The van der Waals surface area contributed by atoms with E-state index in [4.69, 9.17) is 5.73 Å². The molecule has 0 radical (unpaired) electrons. The van der Waals surface area contributed by atoms with Crippen molar-refractivity contribution < 1.29 is 9.72 Å². The molecule has 0 bridgehead atoms. The quantitative estimate of drug-likeness (QED) is 0.385. The van der Waals surface area contributed by atoms with E-state index in [0.29, 0.717) is 5.82 Å². The summed E-state index contributed by atoms with van der Waals surface area (Å²) < 4.78 is 0. The highest BCUT2D eigenvalue weighted by Gasteiger charge is 2.16. The predicted molar refractivity (Wildman–Crippen MR) is 87.4 cm³/mol. The number of aromatic nitrogens is 2. The average Bonchev–Trinajstić information content (AvgIpc) is 3.18. The van der Waals surface area contributed by atoms with Gasteiger partial charge in [0.05, 0.1) is 15.5 Å². The van der Waals surface area contributed by atoms with Crippen LogP contribution < -0.4 is 11.1 Å². The molecule has 1 aromatic carbocycles. The maximum Gasteiger partial charge on any atom is 0.292 e. The number of hydrogen-bond donors (Lipinski definition) is 3. The number of nitro groups is 1. The minimum Gasteiger partial charge on any atom is -0.393 e. The van der Waals surface area contributed by atoms with Crippen LogP contribution in [0.5, 0.6) is 0 Å². The molecule has 0 saturated carbocycles. The minimum atomic E-state index is -0.629. The van der Waals surface area contributed by atoms with E-state index < -0.39 is 10.8 Å². The first-order valence-corrected chi connectivity index (χ1v) is 7.37. The molecule has 0 saturated heterocycles. The van der Waals surface area contributed by atoms with Gasteiger partial charge in [-0.3, -0.25) is 20.0 Å². The monoisotopic (exact) mass is 329 g/mol. The molecule has 3 aromatic rings. The standard InChI is InChI=1S/C14H11N5O3S/c15-9-4-3-8(6-11(9)19(21)22)14(20)16-13-7-10(17-18-13)12-2-1-5-23-12/h1-7H,15H2,(H2,16,17,18,20). The Balaban J connectivity index is 1.80. The third-order valence-corrected chi connectivity index (χ3v) is 4.00. The van der Waals surface area contributed by atoms with Crippen LogP contribution in [0.15, 0.2) is 41.8 Å². The van der Waals surface area contributed by atoms with Gasteiger partial charge in [0, 0.05) is 17.7 Å².